The molecular formula is C39H57FN2. The zero-order valence-electron chi connectivity index (χ0n) is 28.1. The van der Waals surface area contributed by atoms with E-state index in [1.807, 2.05) is 32.9 Å². The predicted octanol–water partition coefficient (Wildman–Crippen LogP) is 11.1. The largest absolute Gasteiger partial charge is 0.372 e. The Labute approximate surface area is 258 Å². The maximum Gasteiger partial charge on any atom is 0.123 e. The number of aromatic nitrogens is 1. The van der Waals surface area contributed by atoms with Crippen molar-refractivity contribution in [2.75, 3.05) is 13.1 Å². The monoisotopic (exact) mass is 572 g/mol. The molecule has 3 aromatic rings. The van der Waals surface area contributed by atoms with E-state index >= 15 is 0 Å². The summed E-state index contributed by atoms with van der Waals surface area (Å²) in [5, 5.41) is 1.25. The van der Waals surface area contributed by atoms with Gasteiger partial charge in [-0.2, -0.15) is 0 Å². The van der Waals surface area contributed by atoms with E-state index in [-0.39, 0.29) is 5.82 Å². The second kappa shape index (κ2) is 20.4. The van der Waals surface area contributed by atoms with Gasteiger partial charge in [0, 0.05) is 54.1 Å². The van der Waals surface area contributed by atoms with Crippen LogP contribution in [0.25, 0.3) is 22.2 Å². The average molecular weight is 573 g/mol. The summed E-state index contributed by atoms with van der Waals surface area (Å²) in [7, 11) is 2.09. The van der Waals surface area contributed by atoms with Crippen LogP contribution in [0.15, 0.2) is 68.4 Å². The number of piperidine rings is 1. The van der Waals surface area contributed by atoms with Crippen LogP contribution in [-0.2, 0) is 13.5 Å². The lowest BCUT2D eigenvalue weighted by molar-refractivity contribution is 0.254. The molecule has 0 amide bonds. The van der Waals surface area contributed by atoms with E-state index in [1.54, 1.807) is 18.2 Å². The van der Waals surface area contributed by atoms with Crippen LogP contribution in [0.2, 0.25) is 0 Å². The van der Waals surface area contributed by atoms with E-state index < -0.39 is 0 Å². The number of halogens is 1. The number of benzene rings is 2. The van der Waals surface area contributed by atoms with Crippen molar-refractivity contribution in [2.24, 2.45) is 18.9 Å². The number of fused-ring (bicyclic) bond motifs is 1. The summed E-state index contributed by atoms with van der Waals surface area (Å²) in [5.74, 6) is 1.37. The molecule has 42 heavy (non-hydrogen) atoms. The normalized spacial score (nSPS) is 12.4. The molecule has 2 nitrogen and oxygen atoms in total. The molecule has 4 rings (SSSR count). The van der Waals surface area contributed by atoms with E-state index in [2.05, 4.69) is 102 Å². The molecule has 2 aromatic carbocycles. The number of aryl methyl sites for hydroxylation is 2. The van der Waals surface area contributed by atoms with Gasteiger partial charge in [0.1, 0.15) is 5.82 Å². The Kier molecular flexibility index (Phi) is 18.7. The van der Waals surface area contributed by atoms with Crippen molar-refractivity contribution in [2.45, 2.75) is 81.1 Å². The number of likely N-dealkylation sites (tertiary alicyclic amines) is 1. The molecule has 0 atom stereocenters. The van der Waals surface area contributed by atoms with Gasteiger partial charge in [-0.15, -0.1) is 19.4 Å². The Bertz CT molecular complexity index is 1250. The summed E-state index contributed by atoms with van der Waals surface area (Å²) >= 11 is 0. The maximum absolute atomic E-state index is 13.1. The molecule has 3 heteroatoms. The van der Waals surface area contributed by atoms with Crippen molar-refractivity contribution < 1.29 is 4.39 Å². The van der Waals surface area contributed by atoms with Crippen molar-refractivity contribution in [3.63, 3.8) is 0 Å². The van der Waals surface area contributed by atoms with Crippen LogP contribution in [0.3, 0.4) is 0 Å². The first-order valence-electron chi connectivity index (χ1n) is 15.4. The predicted molar refractivity (Wildman–Crippen MR) is 188 cm³/mol. The van der Waals surface area contributed by atoms with Crippen LogP contribution < -0.4 is 0 Å². The summed E-state index contributed by atoms with van der Waals surface area (Å²) in [5.41, 5.74) is 8.36. The SMILES string of the molecule is C#C.C=C(C)c1cn(C)c2cc(C)c(C(=C)N3CCC(Cc4ccc(F)cc4)CC3)cc12.C=CC.CC.CCC(C)C. The lowest BCUT2D eigenvalue weighted by Gasteiger charge is -2.35. The van der Waals surface area contributed by atoms with Gasteiger partial charge in [0.2, 0.25) is 0 Å². The molecule has 1 fully saturated rings. The topological polar surface area (TPSA) is 8.17 Å². The van der Waals surface area contributed by atoms with Gasteiger partial charge < -0.3 is 9.47 Å². The first-order valence-corrected chi connectivity index (χ1v) is 15.4. The number of hydrogen-bond donors (Lipinski definition) is 0. The molecule has 2 heterocycles. The summed E-state index contributed by atoms with van der Waals surface area (Å²) < 4.78 is 15.3. The Morgan fingerprint density at radius 1 is 1.05 bits per heavy atom. The van der Waals surface area contributed by atoms with Crippen LogP contribution in [-0.4, -0.2) is 22.6 Å². The minimum Gasteiger partial charge on any atom is -0.372 e. The van der Waals surface area contributed by atoms with E-state index in [9.17, 15) is 4.39 Å². The van der Waals surface area contributed by atoms with Crippen molar-refractivity contribution in [3.05, 3.63) is 96.5 Å². The lowest BCUT2D eigenvalue weighted by Crippen LogP contribution is -2.33. The van der Waals surface area contributed by atoms with Crippen LogP contribution in [0.5, 0.6) is 0 Å². The highest BCUT2D eigenvalue weighted by atomic mass is 19.1. The second-order valence-electron chi connectivity index (χ2n) is 11.0. The Balaban J connectivity index is 0.00000121. The van der Waals surface area contributed by atoms with E-state index in [4.69, 9.17) is 0 Å². The standard InChI is InChI=1S/C27H31FN2.C5H12.C3H6.C2H6.C2H2/c1-18(2)26-17-29(5)27-14-19(3)24(16-25(26)27)20(4)30-12-10-22(11-13-30)15-21-6-8-23(28)9-7-21;1-4-5(2)3;1-3-2;2*1-2/h6-9,14,16-17,22H,1,4,10-13,15H2,2-3,5H3;5H,4H2,1-3H3;3H,1H2,2H3;1-2H3;1-2H. The zero-order valence-corrected chi connectivity index (χ0v) is 28.1. The summed E-state index contributed by atoms with van der Waals surface area (Å²) in [6, 6.07) is 11.5. The highest BCUT2D eigenvalue weighted by molar-refractivity contribution is 5.95. The van der Waals surface area contributed by atoms with Gasteiger partial charge in [-0.25, -0.2) is 4.39 Å². The van der Waals surface area contributed by atoms with E-state index in [0.29, 0.717) is 5.92 Å². The molecule has 0 N–H and O–H groups in total. The van der Waals surface area contributed by atoms with Crippen molar-refractivity contribution in [1.82, 2.24) is 9.47 Å². The number of rotatable bonds is 6. The van der Waals surface area contributed by atoms with Gasteiger partial charge in [-0.05, 0) is 92.8 Å². The molecule has 230 valence electrons. The number of nitrogens with zero attached hydrogens (tertiary/aromatic N) is 2. The molecule has 0 bridgehead atoms. The second-order valence-corrected chi connectivity index (χ2v) is 11.0. The number of allylic oxidation sites excluding steroid dienone is 2. The van der Waals surface area contributed by atoms with Gasteiger partial charge >= 0.3 is 0 Å². The first-order chi connectivity index (χ1) is 20.0. The van der Waals surface area contributed by atoms with Gasteiger partial charge in [0.25, 0.3) is 0 Å². The van der Waals surface area contributed by atoms with E-state index in [0.717, 1.165) is 49.5 Å². The molecule has 0 radical (unpaired) electrons. The maximum atomic E-state index is 13.1. The minimum atomic E-state index is -0.162. The smallest absolute Gasteiger partial charge is 0.123 e. The van der Waals surface area contributed by atoms with Crippen molar-refractivity contribution in [1.29, 1.82) is 0 Å². The molecule has 1 saturated heterocycles. The molecule has 0 spiro atoms. The summed E-state index contributed by atoms with van der Waals surface area (Å²) in [6.45, 7) is 30.8. The van der Waals surface area contributed by atoms with Crippen LogP contribution in [0.4, 0.5) is 4.39 Å². The third-order valence-electron chi connectivity index (χ3n) is 7.36. The third-order valence-corrected chi connectivity index (χ3v) is 7.36. The van der Waals surface area contributed by atoms with Gasteiger partial charge in [0.15, 0.2) is 0 Å². The lowest BCUT2D eigenvalue weighted by atomic mass is 9.89. The molecule has 0 saturated carbocycles. The van der Waals surface area contributed by atoms with Crippen molar-refractivity contribution >= 4 is 22.2 Å². The van der Waals surface area contributed by atoms with Crippen LogP contribution in [0.1, 0.15) is 90.0 Å². The van der Waals surface area contributed by atoms with Gasteiger partial charge in [-0.1, -0.05) is 72.4 Å². The molecular weight excluding hydrogens is 515 g/mol. The Hall–Kier alpha value is -3.51. The van der Waals surface area contributed by atoms with E-state index in [1.165, 1.54) is 39.6 Å². The fraction of sp³-hybridized carbons (Fsp3) is 0.436. The Morgan fingerprint density at radius 2 is 1.55 bits per heavy atom. The van der Waals surface area contributed by atoms with Gasteiger partial charge in [0.05, 0.1) is 0 Å². The van der Waals surface area contributed by atoms with Gasteiger partial charge in [-0.3, -0.25) is 0 Å². The molecule has 1 aromatic heterocycles. The summed E-state index contributed by atoms with van der Waals surface area (Å²) in [4.78, 5) is 2.43. The third kappa shape index (κ3) is 11.8. The fourth-order valence-corrected chi connectivity index (χ4v) is 4.72. The highest BCUT2D eigenvalue weighted by Crippen LogP contribution is 2.33. The molecule has 1 aliphatic heterocycles. The summed E-state index contributed by atoms with van der Waals surface area (Å²) in [6.07, 6.45) is 16.5. The number of hydrogen-bond acceptors (Lipinski definition) is 1. The van der Waals surface area contributed by atoms with Crippen molar-refractivity contribution in [3.8, 4) is 12.8 Å². The molecule has 0 aliphatic carbocycles. The van der Waals surface area contributed by atoms with Crippen LogP contribution in [0, 0.1) is 37.4 Å². The van der Waals surface area contributed by atoms with Crippen LogP contribution >= 0.6 is 0 Å². The fourth-order valence-electron chi connectivity index (χ4n) is 4.72. The minimum absolute atomic E-state index is 0.162. The molecule has 1 aliphatic rings. The highest BCUT2D eigenvalue weighted by Gasteiger charge is 2.22. The number of terminal acetylenes is 1. The zero-order chi connectivity index (χ0) is 32.4. The Morgan fingerprint density at radius 3 is 2.00 bits per heavy atom. The molecule has 0 unspecified atom stereocenters. The first kappa shape index (κ1) is 38.5. The average Bonchev–Trinajstić information content (AvgIpc) is 3.32. The quantitative estimate of drug-likeness (QED) is 0.211.